The molecule has 0 aromatic carbocycles. The molecule has 1 N–H and O–H groups in total. The minimum absolute atomic E-state index is 0.0715. The molecule has 124 valence electrons. The smallest absolute Gasteiger partial charge is 0.333 e. The number of aryl methyl sites for hydroxylation is 4. The van der Waals surface area contributed by atoms with Gasteiger partial charge in [-0.3, -0.25) is 10.1 Å². The average molecular weight is 318 g/mol. The number of rotatable bonds is 5. The summed E-state index contributed by atoms with van der Waals surface area (Å²) in [5.41, 5.74) is 1.54. The molecule has 8 nitrogen and oxygen atoms in total. The van der Waals surface area contributed by atoms with Crippen molar-refractivity contribution in [1.82, 2.24) is 19.3 Å². The molecule has 0 spiro atoms. The van der Waals surface area contributed by atoms with Gasteiger partial charge in [-0.25, -0.2) is 9.67 Å². The van der Waals surface area contributed by atoms with Crippen LogP contribution in [-0.2, 0) is 13.1 Å². The molecule has 8 heteroatoms. The first-order valence-corrected chi connectivity index (χ1v) is 8.00. The highest BCUT2D eigenvalue weighted by atomic mass is 16.6. The van der Waals surface area contributed by atoms with Crippen LogP contribution in [0.25, 0.3) is 0 Å². The predicted octanol–water partition coefficient (Wildman–Crippen LogP) is 2.61. The maximum atomic E-state index is 11.3. The first-order chi connectivity index (χ1) is 11.0. The Morgan fingerprint density at radius 1 is 1.48 bits per heavy atom. The summed E-state index contributed by atoms with van der Waals surface area (Å²) >= 11 is 0. The van der Waals surface area contributed by atoms with Crippen LogP contribution in [-0.4, -0.2) is 30.8 Å². The third-order valence-electron chi connectivity index (χ3n) is 4.34. The molecule has 0 aliphatic carbocycles. The van der Waals surface area contributed by atoms with Gasteiger partial charge in [0.25, 0.3) is 0 Å². The normalized spacial score (nSPS) is 17.1. The number of nitro groups is 1. The lowest BCUT2D eigenvalue weighted by molar-refractivity contribution is -0.384. The van der Waals surface area contributed by atoms with E-state index in [2.05, 4.69) is 26.2 Å². The van der Waals surface area contributed by atoms with Gasteiger partial charge in [0.2, 0.25) is 5.82 Å². The third-order valence-corrected chi connectivity index (χ3v) is 4.34. The summed E-state index contributed by atoms with van der Waals surface area (Å²) in [7, 11) is 0. The summed E-state index contributed by atoms with van der Waals surface area (Å²) in [5, 5.41) is 18.8. The van der Waals surface area contributed by atoms with Crippen molar-refractivity contribution in [2.45, 2.75) is 52.6 Å². The molecule has 1 atom stereocenters. The standard InChI is InChI=1S/C15H22N6O2/c1-4-20-15(13(21(22)23)11(3)18-20)16-8-12-6-5-7-19-9-10(2)17-14(12)19/h9,12,16H,4-8H2,1-3H3. The Morgan fingerprint density at radius 3 is 2.96 bits per heavy atom. The van der Waals surface area contributed by atoms with Crippen LogP contribution in [0.2, 0.25) is 0 Å². The summed E-state index contributed by atoms with van der Waals surface area (Å²) in [5.74, 6) is 1.83. The van der Waals surface area contributed by atoms with Crippen LogP contribution in [0.1, 0.15) is 42.9 Å². The Bertz CT molecular complexity index is 733. The zero-order chi connectivity index (χ0) is 16.6. The van der Waals surface area contributed by atoms with Gasteiger partial charge in [-0.2, -0.15) is 5.10 Å². The van der Waals surface area contributed by atoms with Crippen LogP contribution >= 0.6 is 0 Å². The number of aromatic nitrogens is 4. The fourth-order valence-corrected chi connectivity index (χ4v) is 3.32. The van der Waals surface area contributed by atoms with Gasteiger partial charge in [-0.05, 0) is 33.6 Å². The fraction of sp³-hybridized carbons (Fsp3) is 0.600. The molecule has 2 aromatic heterocycles. The Balaban J connectivity index is 1.83. The largest absolute Gasteiger partial charge is 0.364 e. The zero-order valence-electron chi connectivity index (χ0n) is 13.7. The van der Waals surface area contributed by atoms with Gasteiger partial charge in [0.05, 0.1) is 10.6 Å². The van der Waals surface area contributed by atoms with E-state index in [-0.39, 0.29) is 16.5 Å². The molecule has 1 unspecified atom stereocenters. The minimum atomic E-state index is -0.358. The van der Waals surface area contributed by atoms with Crippen LogP contribution < -0.4 is 5.32 Å². The van der Waals surface area contributed by atoms with Gasteiger partial charge in [0.15, 0.2) is 0 Å². The van der Waals surface area contributed by atoms with Gasteiger partial charge in [-0.15, -0.1) is 0 Å². The topological polar surface area (TPSA) is 90.8 Å². The number of hydrogen-bond donors (Lipinski definition) is 1. The van der Waals surface area contributed by atoms with Crippen molar-refractivity contribution in [3.63, 3.8) is 0 Å². The summed E-state index contributed by atoms with van der Waals surface area (Å²) in [6, 6.07) is 0. The fourth-order valence-electron chi connectivity index (χ4n) is 3.32. The quantitative estimate of drug-likeness (QED) is 0.676. The second kappa shape index (κ2) is 6.02. The van der Waals surface area contributed by atoms with Crippen LogP contribution in [0.3, 0.4) is 0 Å². The van der Waals surface area contributed by atoms with E-state index in [0.717, 1.165) is 30.9 Å². The van der Waals surface area contributed by atoms with E-state index in [9.17, 15) is 10.1 Å². The maximum absolute atomic E-state index is 11.3. The number of fused-ring (bicyclic) bond motifs is 1. The lowest BCUT2D eigenvalue weighted by atomic mass is 9.99. The minimum Gasteiger partial charge on any atom is -0.364 e. The van der Waals surface area contributed by atoms with E-state index in [0.29, 0.717) is 24.6 Å². The predicted molar refractivity (Wildman–Crippen MR) is 86.7 cm³/mol. The van der Waals surface area contributed by atoms with Crippen molar-refractivity contribution in [3.8, 4) is 0 Å². The average Bonchev–Trinajstić information content (AvgIpc) is 3.03. The lowest BCUT2D eigenvalue weighted by Crippen LogP contribution is -2.23. The summed E-state index contributed by atoms with van der Waals surface area (Å²) in [6.45, 7) is 7.82. The van der Waals surface area contributed by atoms with Crippen molar-refractivity contribution >= 4 is 11.5 Å². The second-order valence-electron chi connectivity index (χ2n) is 6.01. The Hall–Kier alpha value is -2.38. The molecule has 3 heterocycles. The van der Waals surface area contributed by atoms with Crippen LogP contribution in [0.15, 0.2) is 6.20 Å². The van der Waals surface area contributed by atoms with Gasteiger partial charge in [0.1, 0.15) is 11.5 Å². The van der Waals surface area contributed by atoms with E-state index in [4.69, 9.17) is 0 Å². The number of hydrogen-bond acceptors (Lipinski definition) is 5. The highest BCUT2D eigenvalue weighted by Crippen LogP contribution is 2.31. The molecule has 3 rings (SSSR count). The van der Waals surface area contributed by atoms with E-state index >= 15 is 0 Å². The van der Waals surface area contributed by atoms with Crippen molar-refractivity contribution in [2.24, 2.45) is 0 Å². The first-order valence-electron chi connectivity index (χ1n) is 8.00. The molecule has 0 bridgehead atoms. The molecule has 1 aliphatic rings. The Morgan fingerprint density at radius 2 is 2.26 bits per heavy atom. The molecule has 0 saturated heterocycles. The van der Waals surface area contributed by atoms with E-state index in [1.54, 1.807) is 11.6 Å². The van der Waals surface area contributed by atoms with Crippen molar-refractivity contribution in [2.75, 3.05) is 11.9 Å². The lowest BCUT2D eigenvalue weighted by Gasteiger charge is -2.23. The molecule has 1 aliphatic heterocycles. The Kier molecular flexibility index (Phi) is 4.06. The van der Waals surface area contributed by atoms with Gasteiger partial charge in [-0.1, -0.05) is 0 Å². The maximum Gasteiger partial charge on any atom is 0.333 e. The monoisotopic (exact) mass is 318 g/mol. The summed E-state index contributed by atoms with van der Waals surface area (Å²) in [4.78, 5) is 15.6. The molecular formula is C15H22N6O2. The van der Waals surface area contributed by atoms with Gasteiger partial charge in [0, 0.05) is 31.7 Å². The van der Waals surface area contributed by atoms with Crippen molar-refractivity contribution in [1.29, 1.82) is 0 Å². The summed E-state index contributed by atoms with van der Waals surface area (Å²) in [6.07, 6.45) is 4.21. The highest BCUT2D eigenvalue weighted by Gasteiger charge is 2.27. The van der Waals surface area contributed by atoms with Gasteiger partial charge >= 0.3 is 5.69 Å². The molecular weight excluding hydrogens is 296 g/mol. The summed E-state index contributed by atoms with van der Waals surface area (Å²) < 4.78 is 3.86. The van der Waals surface area contributed by atoms with E-state index in [1.165, 1.54) is 0 Å². The molecule has 2 aromatic rings. The van der Waals surface area contributed by atoms with Crippen LogP contribution in [0, 0.1) is 24.0 Å². The molecule has 0 fully saturated rings. The zero-order valence-corrected chi connectivity index (χ0v) is 13.7. The second-order valence-corrected chi connectivity index (χ2v) is 6.01. The molecule has 0 saturated carbocycles. The first kappa shape index (κ1) is 15.5. The number of anilines is 1. The number of nitrogens with one attached hydrogen (secondary N) is 1. The van der Waals surface area contributed by atoms with Crippen LogP contribution in [0.5, 0.6) is 0 Å². The van der Waals surface area contributed by atoms with Crippen molar-refractivity contribution < 1.29 is 4.92 Å². The third kappa shape index (κ3) is 2.80. The number of imidazole rings is 1. The van der Waals surface area contributed by atoms with Crippen molar-refractivity contribution in [3.05, 3.63) is 33.5 Å². The Labute approximate surface area is 134 Å². The van der Waals surface area contributed by atoms with Crippen LogP contribution in [0.4, 0.5) is 11.5 Å². The molecule has 0 amide bonds. The molecule has 23 heavy (non-hydrogen) atoms. The SMILES string of the molecule is CCn1nc(C)c([N+](=O)[O-])c1NCC1CCCn2cc(C)nc21. The van der Waals surface area contributed by atoms with E-state index in [1.807, 2.05) is 13.8 Å². The van der Waals surface area contributed by atoms with E-state index < -0.39 is 0 Å². The molecule has 0 radical (unpaired) electrons. The van der Waals surface area contributed by atoms with Gasteiger partial charge < -0.3 is 9.88 Å². The highest BCUT2D eigenvalue weighted by molar-refractivity contribution is 5.59. The number of nitrogens with zero attached hydrogens (tertiary/aromatic N) is 5.